The molecule has 0 fully saturated rings. The van der Waals surface area contributed by atoms with E-state index in [1.807, 2.05) is 12.1 Å². The predicted octanol–water partition coefficient (Wildman–Crippen LogP) is 4.17. The van der Waals surface area contributed by atoms with E-state index in [4.69, 9.17) is 29.0 Å². The van der Waals surface area contributed by atoms with Crippen LogP contribution >= 0.6 is 34.5 Å². The molecule has 1 heterocycles. The number of hydrogen-bond donors (Lipinski definition) is 2. The molecule has 2 nitrogen and oxygen atoms in total. The Kier molecular flexibility index (Phi) is 4.65. The Hall–Kier alpha value is -0.580. The average molecular weight is 301 g/mol. The molecule has 0 aliphatic rings. The maximum atomic E-state index is 6.26. The normalized spacial score (nSPS) is 12.7. The number of aryl methyl sites for hydroxylation is 1. The molecule has 1 aromatic carbocycles. The number of hydrogen-bond acceptors (Lipinski definition) is 3. The molecule has 1 atom stereocenters. The van der Waals surface area contributed by atoms with Gasteiger partial charge >= 0.3 is 0 Å². The third-order valence-corrected chi connectivity index (χ3v) is 4.74. The molecule has 3 N–H and O–H groups in total. The molecule has 96 valence electrons. The fourth-order valence-electron chi connectivity index (χ4n) is 1.94. The summed E-state index contributed by atoms with van der Waals surface area (Å²) in [6.07, 6.45) is 0.967. The Morgan fingerprint density at radius 1 is 1.33 bits per heavy atom. The molecule has 0 spiro atoms. The van der Waals surface area contributed by atoms with Crippen molar-refractivity contribution in [2.75, 3.05) is 0 Å². The molecule has 0 radical (unpaired) electrons. The van der Waals surface area contributed by atoms with Crippen molar-refractivity contribution >= 4 is 34.5 Å². The summed E-state index contributed by atoms with van der Waals surface area (Å²) in [5.41, 5.74) is 5.01. The van der Waals surface area contributed by atoms with E-state index in [1.165, 1.54) is 10.4 Å². The molecule has 0 aliphatic heterocycles. The zero-order chi connectivity index (χ0) is 13.1. The first-order valence-electron chi connectivity index (χ1n) is 5.65. The van der Waals surface area contributed by atoms with E-state index >= 15 is 0 Å². The van der Waals surface area contributed by atoms with Crippen molar-refractivity contribution in [1.82, 2.24) is 5.43 Å². The summed E-state index contributed by atoms with van der Waals surface area (Å²) in [5.74, 6) is 5.69. The molecular weight excluding hydrogens is 287 g/mol. The first kappa shape index (κ1) is 13.8. The Labute approximate surface area is 121 Å². The SMILES string of the molecule is CCc1ccsc1C(NN)c1cccc(Cl)c1Cl. The van der Waals surface area contributed by atoms with E-state index in [-0.39, 0.29) is 6.04 Å². The number of rotatable bonds is 4. The molecule has 0 bridgehead atoms. The molecule has 0 aliphatic carbocycles. The molecule has 2 aromatic rings. The Morgan fingerprint density at radius 2 is 2.11 bits per heavy atom. The summed E-state index contributed by atoms with van der Waals surface area (Å²) in [7, 11) is 0. The van der Waals surface area contributed by atoms with Gasteiger partial charge in [0.25, 0.3) is 0 Å². The number of nitrogens with one attached hydrogen (secondary N) is 1. The van der Waals surface area contributed by atoms with Crippen molar-refractivity contribution in [1.29, 1.82) is 0 Å². The number of benzene rings is 1. The van der Waals surface area contributed by atoms with E-state index in [1.54, 1.807) is 17.4 Å². The second-order valence-corrected chi connectivity index (χ2v) is 5.64. The lowest BCUT2D eigenvalue weighted by Gasteiger charge is -2.18. The monoisotopic (exact) mass is 300 g/mol. The average Bonchev–Trinajstić information content (AvgIpc) is 2.83. The Balaban J connectivity index is 2.49. The highest BCUT2D eigenvalue weighted by atomic mass is 35.5. The van der Waals surface area contributed by atoms with Gasteiger partial charge in [-0.05, 0) is 35.1 Å². The molecule has 0 saturated heterocycles. The van der Waals surface area contributed by atoms with Gasteiger partial charge in [-0.15, -0.1) is 11.3 Å². The van der Waals surface area contributed by atoms with Crippen LogP contribution in [0.1, 0.15) is 29.0 Å². The van der Waals surface area contributed by atoms with Gasteiger partial charge in [-0.25, -0.2) is 5.43 Å². The minimum Gasteiger partial charge on any atom is -0.271 e. The maximum absolute atomic E-state index is 6.26. The van der Waals surface area contributed by atoms with Crippen molar-refractivity contribution in [2.24, 2.45) is 5.84 Å². The fraction of sp³-hybridized carbons (Fsp3) is 0.231. The van der Waals surface area contributed by atoms with Gasteiger partial charge in [-0.2, -0.15) is 0 Å². The molecule has 18 heavy (non-hydrogen) atoms. The van der Waals surface area contributed by atoms with Crippen molar-refractivity contribution in [2.45, 2.75) is 19.4 Å². The van der Waals surface area contributed by atoms with Gasteiger partial charge in [0, 0.05) is 4.88 Å². The van der Waals surface area contributed by atoms with Crippen molar-refractivity contribution in [3.63, 3.8) is 0 Å². The quantitative estimate of drug-likeness (QED) is 0.657. The van der Waals surface area contributed by atoms with Crippen LogP contribution in [0.15, 0.2) is 29.6 Å². The van der Waals surface area contributed by atoms with Crippen LogP contribution in [0, 0.1) is 0 Å². The topological polar surface area (TPSA) is 38.0 Å². The van der Waals surface area contributed by atoms with E-state index in [9.17, 15) is 0 Å². The van der Waals surface area contributed by atoms with Gasteiger partial charge in [-0.1, -0.05) is 42.3 Å². The number of halogens is 2. The first-order chi connectivity index (χ1) is 8.69. The molecule has 1 unspecified atom stereocenters. The summed E-state index contributed by atoms with van der Waals surface area (Å²) in [4.78, 5) is 1.18. The summed E-state index contributed by atoms with van der Waals surface area (Å²) in [6, 6.07) is 7.59. The summed E-state index contributed by atoms with van der Waals surface area (Å²) >= 11 is 14.0. The van der Waals surface area contributed by atoms with Gasteiger partial charge in [0.1, 0.15) is 0 Å². The summed E-state index contributed by atoms with van der Waals surface area (Å²) in [5, 5.41) is 3.17. The number of thiophene rings is 1. The van der Waals surface area contributed by atoms with Gasteiger partial charge in [-0.3, -0.25) is 5.84 Å². The maximum Gasteiger partial charge on any atom is 0.0820 e. The zero-order valence-electron chi connectivity index (χ0n) is 9.91. The van der Waals surface area contributed by atoms with Gasteiger partial charge in [0.2, 0.25) is 0 Å². The van der Waals surface area contributed by atoms with E-state index in [0.717, 1.165) is 12.0 Å². The number of nitrogens with two attached hydrogens (primary N) is 1. The predicted molar refractivity (Wildman–Crippen MR) is 79.3 cm³/mol. The Bertz CT molecular complexity index is 540. The second kappa shape index (κ2) is 6.04. The third-order valence-electron chi connectivity index (χ3n) is 2.88. The lowest BCUT2D eigenvalue weighted by Crippen LogP contribution is -2.29. The van der Waals surface area contributed by atoms with E-state index in [2.05, 4.69) is 23.8 Å². The third kappa shape index (κ3) is 2.56. The van der Waals surface area contributed by atoms with Crippen LogP contribution in [0.4, 0.5) is 0 Å². The van der Waals surface area contributed by atoms with Crippen LogP contribution in [-0.4, -0.2) is 0 Å². The van der Waals surface area contributed by atoms with Crippen LogP contribution in [-0.2, 0) is 6.42 Å². The van der Waals surface area contributed by atoms with Gasteiger partial charge in [0.15, 0.2) is 0 Å². The lowest BCUT2D eigenvalue weighted by molar-refractivity contribution is 0.642. The highest BCUT2D eigenvalue weighted by Crippen LogP contribution is 2.36. The lowest BCUT2D eigenvalue weighted by atomic mass is 10.0. The molecule has 1 aromatic heterocycles. The Morgan fingerprint density at radius 3 is 2.78 bits per heavy atom. The van der Waals surface area contributed by atoms with Crippen LogP contribution in [0.25, 0.3) is 0 Å². The van der Waals surface area contributed by atoms with Crippen LogP contribution in [0.3, 0.4) is 0 Å². The molecular formula is C13H14Cl2N2S. The van der Waals surface area contributed by atoms with Gasteiger partial charge in [0.05, 0.1) is 16.1 Å². The van der Waals surface area contributed by atoms with Crippen molar-refractivity contribution in [3.8, 4) is 0 Å². The summed E-state index contributed by atoms with van der Waals surface area (Å²) < 4.78 is 0. The molecule has 0 saturated carbocycles. The van der Waals surface area contributed by atoms with E-state index < -0.39 is 0 Å². The van der Waals surface area contributed by atoms with Crippen LogP contribution in [0.2, 0.25) is 10.0 Å². The molecule has 2 rings (SSSR count). The highest BCUT2D eigenvalue weighted by Gasteiger charge is 2.20. The van der Waals surface area contributed by atoms with Gasteiger partial charge < -0.3 is 0 Å². The van der Waals surface area contributed by atoms with E-state index in [0.29, 0.717) is 10.0 Å². The smallest absolute Gasteiger partial charge is 0.0820 e. The molecule has 5 heteroatoms. The minimum absolute atomic E-state index is 0.119. The standard InChI is InChI=1S/C13H14Cl2N2S/c1-2-8-6-7-18-13(8)12(17-16)9-4-3-5-10(14)11(9)15/h3-7,12,17H,2,16H2,1H3. The summed E-state index contributed by atoms with van der Waals surface area (Å²) in [6.45, 7) is 2.12. The minimum atomic E-state index is -0.119. The highest BCUT2D eigenvalue weighted by molar-refractivity contribution is 7.10. The largest absolute Gasteiger partial charge is 0.271 e. The van der Waals surface area contributed by atoms with Crippen LogP contribution in [0.5, 0.6) is 0 Å². The van der Waals surface area contributed by atoms with Crippen molar-refractivity contribution < 1.29 is 0 Å². The zero-order valence-corrected chi connectivity index (χ0v) is 12.2. The second-order valence-electron chi connectivity index (χ2n) is 3.91. The van der Waals surface area contributed by atoms with Crippen molar-refractivity contribution in [3.05, 3.63) is 55.7 Å². The fourth-order valence-corrected chi connectivity index (χ4v) is 3.43. The van der Waals surface area contributed by atoms with Crippen LogP contribution < -0.4 is 11.3 Å². The number of hydrazine groups is 1. The molecule has 0 amide bonds. The first-order valence-corrected chi connectivity index (χ1v) is 7.28.